The zero-order chi connectivity index (χ0) is 13.1. The van der Waals surface area contributed by atoms with Gasteiger partial charge in [0, 0.05) is 14.9 Å². The van der Waals surface area contributed by atoms with Crippen molar-refractivity contribution in [2.45, 2.75) is 6.92 Å². The molecule has 0 aromatic heterocycles. The Morgan fingerprint density at radius 2 is 2.00 bits per heavy atom. The third-order valence-corrected chi connectivity index (χ3v) is 3.25. The predicted molar refractivity (Wildman–Crippen MR) is 80.6 cm³/mol. The van der Waals surface area contributed by atoms with Gasteiger partial charge in [-0.1, -0.05) is 6.07 Å². The number of nitrogens with one attached hydrogen (secondary N) is 1. The molecule has 0 spiro atoms. The maximum atomic E-state index is 10.8. The number of hydrogen-bond acceptors (Lipinski definition) is 2. The molecule has 0 saturated carbocycles. The fourth-order valence-corrected chi connectivity index (χ4v) is 2.20. The lowest BCUT2D eigenvalue weighted by Crippen LogP contribution is -1.99. The van der Waals surface area contributed by atoms with E-state index in [0.717, 1.165) is 20.5 Å². The molecule has 2 aromatic rings. The molecule has 2 N–H and O–H groups in total. The first kappa shape index (κ1) is 12.9. The molecular weight excluding hydrogens is 341 g/mol. The molecule has 0 fully saturated rings. The maximum Gasteiger partial charge on any atom is 0.335 e. The van der Waals surface area contributed by atoms with Crippen LogP contribution < -0.4 is 5.32 Å². The van der Waals surface area contributed by atoms with Gasteiger partial charge < -0.3 is 10.4 Å². The third kappa shape index (κ3) is 3.01. The Labute approximate surface area is 119 Å². The zero-order valence-corrected chi connectivity index (χ0v) is 11.9. The van der Waals surface area contributed by atoms with E-state index in [1.165, 1.54) is 0 Å². The van der Waals surface area contributed by atoms with E-state index in [9.17, 15) is 4.79 Å². The summed E-state index contributed by atoms with van der Waals surface area (Å²) >= 11 is 2.25. The first-order valence-electron chi connectivity index (χ1n) is 5.43. The molecule has 0 aliphatic carbocycles. The van der Waals surface area contributed by atoms with Gasteiger partial charge >= 0.3 is 5.97 Å². The molecule has 0 aliphatic rings. The van der Waals surface area contributed by atoms with Crippen LogP contribution in [-0.4, -0.2) is 11.1 Å². The van der Waals surface area contributed by atoms with Crippen LogP contribution in [0, 0.1) is 10.5 Å². The van der Waals surface area contributed by atoms with Gasteiger partial charge in [-0.25, -0.2) is 4.79 Å². The number of carboxylic acids is 1. The second-order valence-corrected chi connectivity index (χ2v) is 5.22. The lowest BCUT2D eigenvalue weighted by atomic mass is 10.1. The van der Waals surface area contributed by atoms with Crippen LogP contribution in [0.1, 0.15) is 15.9 Å². The van der Waals surface area contributed by atoms with Gasteiger partial charge in [-0.15, -0.1) is 0 Å². The van der Waals surface area contributed by atoms with Crippen LogP contribution >= 0.6 is 22.6 Å². The van der Waals surface area contributed by atoms with Crippen LogP contribution in [0.2, 0.25) is 0 Å². The average Bonchev–Trinajstić information content (AvgIpc) is 2.31. The van der Waals surface area contributed by atoms with Gasteiger partial charge in [0.1, 0.15) is 0 Å². The summed E-state index contributed by atoms with van der Waals surface area (Å²) in [4.78, 5) is 10.8. The summed E-state index contributed by atoms with van der Waals surface area (Å²) in [7, 11) is 0. The molecule has 18 heavy (non-hydrogen) atoms. The lowest BCUT2D eigenvalue weighted by molar-refractivity contribution is 0.0697. The number of anilines is 2. The minimum atomic E-state index is -0.904. The van der Waals surface area contributed by atoms with Crippen molar-refractivity contribution in [1.29, 1.82) is 0 Å². The smallest absolute Gasteiger partial charge is 0.335 e. The van der Waals surface area contributed by atoms with Crippen molar-refractivity contribution in [1.82, 2.24) is 0 Å². The normalized spacial score (nSPS) is 10.1. The molecule has 0 unspecified atom stereocenters. The SMILES string of the molecule is Cc1cc(C(=O)O)ccc1Nc1cccc(I)c1. The largest absolute Gasteiger partial charge is 0.478 e. The van der Waals surface area contributed by atoms with Crippen LogP contribution in [0.4, 0.5) is 11.4 Å². The molecule has 2 aromatic carbocycles. The topological polar surface area (TPSA) is 49.3 Å². The van der Waals surface area contributed by atoms with E-state index in [0.29, 0.717) is 5.56 Å². The Morgan fingerprint density at radius 1 is 1.22 bits per heavy atom. The monoisotopic (exact) mass is 353 g/mol. The quantitative estimate of drug-likeness (QED) is 0.819. The summed E-state index contributed by atoms with van der Waals surface area (Å²) < 4.78 is 1.15. The number of carbonyl (C=O) groups is 1. The van der Waals surface area contributed by atoms with Gasteiger partial charge in [0.2, 0.25) is 0 Å². The summed E-state index contributed by atoms with van der Waals surface area (Å²) in [6.07, 6.45) is 0. The van der Waals surface area contributed by atoms with Gasteiger partial charge in [-0.2, -0.15) is 0 Å². The van der Waals surface area contributed by atoms with E-state index in [1.54, 1.807) is 18.2 Å². The van der Waals surface area contributed by atoms with E-state index in [4.69, 9.17) is 5.11 Å². The Bertz CT molecular complexity index is 596. The fourth-order valence-electron chi connectivity index (χ4n) is 1.66. The van der Waals surface area contributed by atoms with Crippen LogP contribution in [0.3, 0.4) is 0 Å². The molecular formula is C14H12INO2. The highest BCUT2D eigenvalue weighted by Gasteiger charge is 2.05. The van der Waals surface area contributed by atoms with Crippen molar-refractivity contribution in [2.24, 2.45) is 0 Å². The molecule has 92 valence electrons. The first-order chi connectivity index (χ1) is 8.56. The van der Waals surface area contributed by atoms with Crippen molar-refractivity contribution in [3.05, 3.63) is 57.2 Å². The van der Waals surface area contributed by atoms with Gasteiger partial charge in [-0.05, 0) is 71.5 Å². The van der Waals surface area contributed by atoms with E-state index < -0.39 is 5.97 Å². The number of rotatable bonds is 3. The number of aryl methyl sites for hydroxylation is 1. The second kappa shape index (κ2) is 5.39. The highest BCUT2D eigenvalue weighted by molar-refractivity contribution is 14.1. The molecule has 0 amide bonds. The highest BCUT2D eigenvalue weighted by Crippen LogP contribution is 2.22. The van der Waals surface area contributed by atoms with E-state index in [1.807, 2.05) is 31.2 Å². The summed E-state index contributed by atoms with van der Waals surface area (Å²) in [5.74, 6) is -0.904. The number of carboxylic acid groups (broad SMARTS) is 1. The van der Waals surface area contributed by atoms with Crippen molar-refractivity contribution in [2.75, 3.05) is 5.32 Å². The molecule has 0 aliphatic heterocycles. The molecule has 0 saturated heterocycles. The number of benzene rings is 2. The molecule has 0 heterocycles. The fraction of sp³-hybridized carbons (Fsp3) is 0.0714. The summed E-state index contributed by atoms with van der Waals surface area (Å²) in [5, 5.41) is 12.2. The standard InChI is InChI=1S/C14H12INO2/c1-9-7-10(14(17)18)5-6-13(9)16-12-4-2-3-11(15)8-12/h2-8,16H,1H3,(H,17,18). The highest BCUT2D eigenvalue weighted by atomic mass is 127. The Morgan fingerprint density at radius 3 is 2.61 bits per heavy atom. The van der Waals surface area contributed by atoms with Crippen molar-refractivity contribution >= 4 is 39.9 Å². The molecule has 0 atom stereocenters. The second-order valence-electron chi connectivity index (χ2n) is 3.97. The van der Waals surface area contributed by atoms with Crippen LogP contribution in [0.5, 0.6) is 0 Å². The van der Waals surface area contributed by atoms with Gasteiger partial charge in [-0.3, -0.25) is 0 Å². The van der Waals surface area contributed by atoms with Crippen LogP contribution in [0.25, 0.3) is 0 Å². The van der Waals surface area contributed by atoms with Gasteiger partial charge in [0.15, 0.2) is 0 Å². The van der Waals surface area contributed by atoms with Gasteiger partial charge in [0.05, 0.1) is 5.56 Å². The van der Waals surface area contributed by atoms with Crippen molar-refractivity contribution in [3.63, 3.8) is 0 Å². The lowest BCUT2D eigenvalue weighted by Gasteiger charge is -2.10. The Hall–Kier alpha value is -1.56. The van der Waals surface area contributed by atoms with Crippen molar-refractivity contribution in [3.8, 4) is 0 Å². The minimum absolute atomic E-state index is 0.306. The molecule has 3 nitrogen and oxygen atoms in total. The van der Waals surface area contributed by atoms with Crippen molar-refractivity contribution < 1.29 is 9.90 Å². The first-order valence-corrected chi connectivity index (χ1v) is 6.50. The molecule has 0 bridgehead atoms. The van der Waals surface area contributed by atoms with Crippen LogP contribution in [-0.2, 0) is 0 Å². The summed E-state index contributed by atoms with van der Waals surface area (Å²) in [5.41, 5.74) is 3.13. The molecule has 4 heteroatoms. The van der Waals surface area contributed by atoms with E-state index >= 15 is 0 Å². The molecule has 0 radical (unpaired) electrons. The third-order valence-electron chi connectivity index (χ3n) is 2.58. The van der Waals surface area contributed by atoms with Crippen LogP contribution in [0.15, 0.2) is 42.5 Å². The minimum Gasteiger partial charge on any atom is -0.478 e. The van der Waals surface area contributed by atoms with Gasteiger partial charge in [0.25, 0.3) is 0 Å². The Kier molecular flexibility index (Phi) is 3.86. The number of aromatic carboxylic acids is 1. The predicted octanol–water partition coefficient (Wildman–Crippen LogP) is 4.04. The van der Waals surface area contributed by atoms with E-state index in [-0.39, 0.29) is 0 Å². The number of halogens is 1. The average molecular weight is 353 g/mol. The zero-order valence-electron chi connectivity index (χ0n) is 9.77. The molecule has 2 rings (SSSR count). The maximum absolute atomic E-state index is 10.8. The van der Waals surface area contributed by atoms with E-state index in [2.05, 4.69) is 27.9 Å². The number of hydrogen-bond donors (Lipinski definition) is 2. The summed E-state index contributed by atoms with van der Waals surface area (Å²) in [6.45, 7) is 1.89. The summed E-state index contributed by atoms with van der Waals surface area (Å²) in [6, 6.07) is 13.1. The Balaban J connectivity index is 2.27.